The van der Waals surface area contributed by atoms with Gasteiger partial charge in [0, 0.05) is 23.2 Å². The van der Waals surface area contributed by atoms with E-state index >= 15 is 0 Å². The molecule has 1 heterocycles. The van der Waals surface area contributed by atoms with Gasteiger partial charge in [-0.25, -0.2) is 9.97 Å². The molecule has 2 rings (SSSR count). The van der Waals surface area contributed by atoms with Gasteiger partial charge in [-0.3, -0.25) is 0 Å². The number of nitrogens with one attached hydrogen (secondary N) is 1. The number of hydrogen-bond donors (Lipinski definition) is 1. The Labute approximate surface area is 110 Å². The summed E-state index contributed by atoms with van der Waals surface area (Å²) in [6.45, 7) is 1.98. The number of rotatable bonds is 3. The van der Waals surface area contributed by atoms with Gasteiger partial charge in [-0.1, -0.05) is 30.1 Å². The molecule has 0 saturated carbocycles. The molecule has 3 nitrogen and oxygen atoms in total. The van der Waals surface area contributed by atoms with Crippen LogP contribution < -0.4 is 5.32 Å². The van der Waals surface area contributed by atoms with Crippen LogP contribution in [0, 0.1) is 0 Å². The highest BCUT2D eigenvalue weighted by Gasteiger charge is 2.02. The summed E-state index contributed by atoms with van der Waals surface area (Å²) < 4.78 is 0. The second-order valence-electron chi connectivity index (χ2n) is 3.48. The third-order valence-corrected chi connectivity index (χ3v) is 2.62. The van der Waals surface area contributed by atoms with Crippen LogP contribution in [0.25, 0.3) is 0 Å². The first-order valence-electron chi connectivity index (χ1n) is 5.23. The van der Waals surface area contributed by atoms with E-state index in [-0.39, 0.29) is 0 Å². The molecule has 2 aromatic rings. The van der Waals surface area contributed by atoms with E-state index in [2.05, 4.69) is 15.3 Å². The number of aromatic nitrogens is 2. The molecule has 17 heavy (non-hydrogen) atoms. The minimum absolute atomic E-state index is 0.438. The highest BCUT2D eigenvalue weighted by atomic mass is 35.5. The molecule has 1 aromatic heterocycles. The van der Waals surface area contributed by atoms with E-state index in [4.69, 9.17) is 23.2 Å². The van der Waals surface area contributed by atoms with Crippen LogP contribution in [0.3, 0.4) is 0 Å². The van der Waals surface area contributed by atoms with Crippen LogP contribution >= 0.6 is 23.2 Å². The zero-order valence-electron chi connectivity index (χ0n) is 9.24. The summed E-state index contributed by atoms with van der Waals surface area (Å²) in [7, 11) is 0. The Hall–Kier alpha value is -1.32. The highest BCUT2D eigenvalue weighted by Crippen LogP contribution is 2.19. The van der Waals surface area contributed by atoms with Gasteiger partial charge in [0.1, 0.15) is 16.8 Å². The molecule has 0 amide bonds. The predicted molar refractivity (Wildman–Crippen MR) is 71.2 cm³/mol. The van der Waals surface area contributed by atoms with Gasteiger partial charge in [0.15, 0.2) is 0 Å². The van der Waals surface area contributed by atoms with Gasteiger partial charge in [0.25, 0.3) is 0 Å². The largest absolute Gasteiger partial charge is 0.340 e. The topological polar surface area (TPSA) is 37.8 Å². The van der Waals surface area contributed by atoms with Crippen molar-refractivity contribution in [3.8, 4) is 0 Å². The first-order valence-corrected chi connectivity index (χ1v) is 5.99. The molecule has 0 fully saturated rings. The quantitative estimate of drug-likeness (QED) is 0.852. The summed E-state index contributed by atoms with van der Waals surface area (Å²) in [5, 5.41) is 4.29. The number of anilines is 2. The summed E-state index contributed by atoms with van der Waals surface area (Å²) >= 11 is 11.7. The molecule has 0 radical (unpaired) electrons. The van der Waals surface area contributed by atoms with Crippen LogP contribution in [-0.4, -0.2) is 9.97 Å². The van der Waals surface area contributed by atoms with Crippen LogP contribution in [0.4, 0.5) is 11.5 Å². The van der Waals surface area contributed by atoms with E-state index in [1.807, 2.05) is 31.2 Å². The smallest absolute Gasteiger partial charge is 0.135 e. The Balaban J connectivity index is 2.23. The van der Waals surface area contributed by atoms with Crippen molar-refractivity contribution in [2.75, 3.05) is 5.32 Å². The normalized spacial score (nSPS) is 10.3. The van der Waals surface area contributed by atoms with Crippen LogP contribution in [0.2, 0.25) is 10.2 Å². The Morgan fingerprint density at radius 1 is 1.12 bits per heavy atom. The average molecular weight is 268 g/mol. The average Bonchev–Trinajstić information content (AvgIpc) is 2.31. The van der Waals surface area contributed by atoms with E-state index in [9.17, 15) is 0 Å². The fraction of sp³-hybridized carbons (Fsp3) is 0.167. The second-order valence-corrected chi connectivity index (χ2v) is 4.30. The number of halogens is 2. The summed E-state index contributed by atoms with van der Waals surface area (Å²) in [5.41, 5.74) is 0.909. The predicted octanol–water partition coefficient (Wildman–Crippen LogP) is 4.09. The third kappa shape index (κ3) is 3.32. The molecular weight excluding hydrogens is 257 g/mol. The van der Waals surface area contributed by atoms with Crippen LogP contribution in [0.1, 0.15) is 12.7 Å². The van der Waals surface area contributed by atoms with Gasteiger partial charge in [0.05, 0.1) is 0 Å². The molecule has 0 aliphatic heterocycles. The maximum atomic E-state index is 5.91. The Morgan fingerprint density at radius 2 is 1.82 bits per heavy atom. The van der Waals surface area contributed by atoms with Crippen LogP contribution in [0.5, 0.6) is 0 Å². The van der Waals surface area contributed by atoms with Gasteiger partial charge >= 0.3 is 0 Å². The molecule has 1 N–H and O–H groups in total. The zero-order valence-corrected chi connectivity index (χ0v) is 10.8. The monoisotopic (exact) mass is 267 g/mol. The van der Waals surface area contributed by atoms with E-state index in [1.165, 1.54) is 0 Å². The van der Waals surface area contributed by atoms with Crippen molar-refractivity contribution < 1.29 is 0 Å². The molecule has 0 aliphatic rings. The standard InChI is InChI=1S/C12H11Cl2N3/c1-2-11-16-10(14)7-12(17-11)15-9-5-3-8(13)4-6-9/h3-7H,2H2,1H3,(H,15,16,17). The molecule has 1 aromatic carbocycles. The second kappa shape index (κ2) is 5.34. The van der Waals surface area contributed by atoms with Gasteiger partial charge in [-0.2, -0.15) is 0 Å². The first-order chi connectivity index (χ1) is 8.17. The molecular formula is C12H11Cl2N3. The lowest BCUT2D eigenvalue weighted by molar-refractivity contribution is 0.943. The number of aryl methyl sites for hydroxylation is 1. The summed E-state index contributed by atoms with van der Waals surface area (Å²) in [5.74, 6) is 1.40. The highest BCUT2D eigenvalue weighted by molar-refractivity contribution is 6.30. The van der Waals surface area contributed by atoms with Crippen LogP contribution in [0.15, 0.2) is 30.3 Å². The minimum atomic E-state index is 0.438. The van der Waals surface area contributed by atoms with Gasteiger partial charge < -0.3 is 5.32 Å². The van der Waals surface area contributed by atoms with E-state index < -0.39 is 0 Å². The molecule has 0 aliphatic carbocycles. The summed E-state index contributed by atoms with van der Waals surface area (Å²) in [4.78, 5) is 8.43. The van der Waals surface area contributed by atoms with Gasteiger partial charge in [-0.05, 0) is 24.3 Å². The SMILES string of the molecule is CCc1nc(Cl)cc(Nc2ccc(Cl)cc2)n1. The molecule has 0 unspecified atom stereocenters. The van der Waals surface area contributed by atoms with Crippen molar-refractivity contribution in [2.24, 2.45) is 0 Å². The minimum Gasteiger partial charge on any atom is -0.340 e. The van der Waals surface area contributed by atoms with Gasteiger partial charge in [-0.15, -0.1) is 0 Å². The zero-order chi connectivity index (χ0) is 12.3. The number of benzene rings is 1. The van der Waals surface area contributed by atoms with Crippen molar-refractivity contribution in [1.29, 1.82) is 0 Å². The maximum Gasteiger partial charge on any atom is 0.135 e. The van der Waals surface area contributed by atoms with E-state index in [0.717, 1.165) is 12.1 Å². The van der Waals surface area contributed by atoms with Crippen molar-refractivity contribution in [3.63, 3.8) is 0 Å². The molecule has 5 heteroatoms. The molecule has 88 valence electrons. The molecule has 0 atom stereocenters. The lowest BCUT2D eigenvalue weighted by atomic mass is 10.3. The Bertz CT molecular complexity index is 512. The Kier molecular flexibility index (Phi) is 3.82. The molecule has 0 saturated heterocycles. The van der Waals surface area contributed by atoms with Crippen molar-refractivity contribution in [1.82, 2.24) is 9.97 Å². The number of hydrogen-bond acceptors (Lipinski definition) is 3. The number of nitrogens with zero attached hydrogens (tertiary/aromatic N) is 2. The van der Waals surface area contributed by atoms with E-state index in [1.54, 1.807) is 6.07 Å². The fourth-order valence-corrected chi connectivity index (χ4v) is 1.69. The lowest BCUT2D eigenvalue weighted by Crippen LogP contribution is -1.99. The van der Waals surface area contributed by atoms with Crippen molar-refractivity contribution in [2.45, 2.75) is 13.3 Å². The third-order valence-electron chi connectivity index (χ3n) is 2.17. The summed E-state index contributed by atoms with van der Waals surface area (Å²) in [6.07, 6.45) is 0.746. The fourth-order valence-electron chi connectivity index (χ4n) is 1.37. The molecule has 0 bridgehead atoms. The maximum absolute atomic E-state index is 5.91. The van der Waals surface area contributed by atoms with Crippen molar-refractivity contribution >= 4 is 34.7 Å². The Morgan fingerprint density at radius 3 is 2.47 bits per heavy atom. The van der Waals surface area contributed by atoms with Gasteiger partial charge in [0.2, 0.25) is 0 Å². The van der Waals surface area contributed by atoms with Crippen molar-refractivity contribution in [3.05, 3.63) is 46.3 Å². The lowest BCUT2D eigenvalue weighted by Gasteiger charge is -2.07. The summed E-state index contributed by atoms with van der Waals surface area (Å²) in [6, 6.07) is 9.07. The van der Waals surface area contributed by atoms with E-state index in [0.29, 0.717) is 21.8 Å². The molecule has 0 spiro atoms. The van der Waals surface area contributed by atoms with Crippen LogP contribution in [-0.2, 0) is 6.42 Å². The first kappa shape index (κ1) is 12.1.